The highest BCUT2D eigenvalue weighted by Gasteiger charge is 2.59. The van der Waals surface area contributed by atoms with Crippen molar-refractivity contribution in [1.82, 2.24) is 4.90 Å². The lowest BCUT2D eigenvalue weighted by molar-refractivity contribution is -0.151. The maximum atomic E-state index is 13.4. The van der Waals surface area contributed by atoms with Gasteiger partial charge in [0.15, 0.2) is 0 Å². The molecule has 4 aliphatic rings. The van der Waals surface area contributed by atoms with E-state index >= 15 is 0 Å². The molecule has 4 aliphatic carbocycles. The van der Waals surface area contributed by atoms with Crippen molar-refractivity contribution in [3.63, 3.8) is 0 Å². The second kappa shape index (κ2) is 26.8. The number of carbonyl (C=O) groups excluding carboxylic acids is 1. The first-order valence-electron chi connectivity index (χ1n) is 26.8. The molecule has 9 unspecified atom stereocenters. The van der Waals surface area contributed by atoms with Gasteiger partial charge in [-0.3, -0.25) is 9.69 Å². The molecule has 11 atom stereocenters. The number of hydrogen-bond acceptors (Lipinski definition) is 5. The van der Waals surface area contributed by atoms with Crippen LogP contribution in [0, 0.1) is 52.3 Å². The van der Waals surface area contributed by atoms with Gasteiger partial charge in [0.1, 0.15) is 6.10 Å². The minimum absolute atomic E-state index is 0.000930. The lowest BCUT2D eigenvalue weighted by Gasteiger charge is -2.58. The van der Waals surface area contributed by atoms with Crippen molar-refractivity contribution in [1.29, 1.82) is 0 Å². The van der Waals surface area contributed by atoms with Gasteiger partial charge in [0.2, 0.25) is 0 Å². The molecule has 0 radical (unpaired) electrons. The van der Waals surface area contributed by atoms with E-state index in [2.05, 4.69) is 66.4 Å². The van der Waals surface area contributed by atoms with Crippen LogP contribution in [0.2, 0.25) is 0 Å². The summed E-state index contributed by atoms with van der Waals surface area (Å²) < 4.78 is 6.27. The quantitative estimate of drug-likeness (QED) is 0.0413. The first kappa shape index (κ1) is 51.7. The molecule has 0 aromatic heterocycles. The van der Waals surface area contributed by atoms with E-state index in [9.17, 15) is 15.0 Å². The first-order chi connectivity index (χ1) is 28.8. The number of aliphatic hydroxyl groups is 2. The molecule has 0 heterocycles. The Labute approximate surface area is 372 Å². The summed E-state index contributed by atoms with van der Waals surface area (Å²) in [6.45, 7) is 21.2. The molecule has 0 aromatic carbocycles. The molecule has 350 valence electrons. The third-order valence-electron chi connectivity index (χ3n) is 17.4. The largest absolute Gasteiger partial charge is 0.462 e. The van der Waals surface area contributed by atoms with Crippen molar-refractivity contribution in [3.8, 4) is 0 Å². The third kappa shape index (κ3) is 15.7. The molecular formula is C55H101NO4. The highest BCUT2D eigenvalue weighted by atomic mass is 16.5. The third-order valence-corrected chi connectivity index (χ3v) is 17.4. The molecular weight excluding hydrogens is 739 g/mol. The van der Waals surface area contributed by atoms with Crippen molar-refractivity contribution < 1.29 is 19.7 Å². The maximum Gasteiger partial charge on any atom is 0.306 e. The Morgan fingerprint density at radius 3 is 2.05 bits per heavy atom. The predicted octanol–water partition coefficient (Wildman–Crippen LogP) is 14.7. The number of unbranched alkanes of at least 4 members (excludes halogenated alkanes) is 12. The van der Waals surface area contributed by atoms with Gasteiger partial charge in [-0.25, -0.2) is 0 Å². The summed E-state index contributed by atoms with van der Waals surface area (Å²) in [7, 11) is 0. The number of carbonyl (C=O) groups is 1. The number of aliphatic hydroxyl groups excluding tert-OH is 2. The van der Waals surface area contributed by atoms with Gasteiger partial charge in [0.25, 0.3) is 0 Å². The van der Waals surface area contributed by atoms with Crippen LogP contribution in [0.3, 0.4) is 0 Å². The summed E-state index contributed by atoms with van der Waals surface area (Å²) in [6, 6.07) is 0. The number of ether oxygens (including phenoxy) is 1. The molecule has 60 heavy (non-hydrogen) atoms. The van der Waals surface area contributed by atoms with E-state index in [1.54, 1.807) is 5.57 Å². The molecule has 3 fully saturated rings. The summed E-state index contributed by atoms with van der Waals surface area (Å²) in [5.41, 5.74) is 2.36. The van der Waals surface area contributed by atoms with Crippen LogP contribution in [0.5, 0.6) is 0 Å². The Morgan fingerprint density at radius 1 is 0.733 bits per heavy atom. The van der Waals surface area contributed by atoms with Gasteiger partial charge in [-0.05, 0) is 123 Å². The van der Waals surface area contributed by atoms with Crippen LogP contribution in [0.15, 0.2) is 11.6 Å². The Kier molecular flexibility index (Phi) is 23.1. The van der Waals surface area contributed by atoms with Crippen LogP contribution in [0.4, 0.5) is 0 Å². The molecule has 4 rings (SSSR count). The van der Waals surface area contributed by atoms with Crippen molar-refractivity contribution in [3.05, 3.63) is 11.6 Å². The topological polar surface area (TPSA) is 70.0 Å². The zero-order chi connectivity index (χ0) is 43.5. The van der Waals surface area contributed by atoms with Crippen molar-refractivity contribution >= 4 is 5.97 Å². The number of fused-ring (bicyclic) bond motifs is 5. The number of esters is 1. The SMILES string of the molecule is CCCCCCCCCC[C@H](O)CN(CCCC(=O)OC1CCC2(C)C(=CCC3C2CCC2(C)C(C(C)CCCC(C)C)CCC32)C1)C[C@H](O)C(C)CCCCCCCC. The minimum atomic E-state index is -0.418. The first-order valence-corrected chi connectivity index (χ1v) is 26.8. The van der Waals surface area contributed by atoms with Gasteiger partial charge in [0.05, 0.1) is 12.2 Å². The second-order valence-electron chi connectivity index (χ2n) is 22.5. The van der Waals surface area contributed by atoms with E-state index in [4.69, 9.17) is 4.74 Å². The molecule has 3 saturated carbocycles. The average molecular weight is 840 g/mol. The zero-order valence-corrected chi connectivity index (χ0v) is 41.1. The summed E-state index contributed by atoms with van der Waals surface area (Å²) in [5, 5.41) is 22.4. The van der Waals surface area contributed by atoms with Gasteiger partial charge in [-0.15, -0.1) is 0 Å². The zero-order valence-electron chi connectivity index (χ0n) is 41.1. The minimum Gasteiger partial charge on any atom is -0.462 e. The van der Waals surface area contributed by atoms with E-state index in [-0.39, 0.29) is 23.4 Å². The molecule has 0 aliphatic heterocycles. The van der Waals surface area contributed by atoms with Crippen LogP contribution in [-0.2, 0) is 9.53 Å². The molecule has 0 aromatic rings. The van der Waals surface area contributed by atoms with Crippen molar-refractivity contribution in [2.45, 2.75) is 260 Å². The number of rotatable bonds is 31. The fourth-order valence-corrected chi connectivity index (χ4v) is 13.5. The van der Waals surface area contributed by atoms with Crippen LogP contribution in [0.25, 0.3) is 0 Å². The fourth-order valence-electron chi connectivity index (χ4n) is 13.5. The van der Waals surface area contributed by atoms with Gasteiger partial charge < -0.3 is 14.9 Å². The van der Waals surface area contributed by atoms with E-state index in [0.29, 0.717) is 37.9 Å². The van der Waals surface area contributed by atoms with Crippen LogP contribution in [0.1, 0.15) is 242 Å². The average Bonchev–Trinajstić information content (AvgIpc) is 3.57. The lowest BCUT2D eigenvalue weighted by Crippen LogP contribution is -2.51. The molecule has 0 saturated heterocycles. The smallest absolute Gasteiger partial charge is 0.306 e. The molecule has 0 bridgehead atoms. The standard InChI is InChI=1S/C55H101NO4/c1-9-11-13-15-17-18-20-22-28-46(57)40-56(41-52(58)44(6)26-21-19-16-14-12-10-2)38-24-29-53(59)60-47-34-36-54(7)45(39-47)30-31-48-50-33-32-49(43(5)27-23-25-42(3)4)55(50,8)37-35-51(48)54/h30,42-44,46-52,57-58H,9-29,31-41H2,1-8H3/t43?,44?,46-,47?,48?,49?,50?,51?,52-,54?,55?/m0/s1. The molecule has 0 spiro atoms. The molecule has 2 N–H and O–H groups in total. The van der Waals surface area contributed by atoms with Crippen LogP contribution < -0.4 is 0 Å². The Balaban J connectivity index is 1.24. The number of allylic oxidation sites excluding steroid dienone is 1. The lowest BCUT2D eigenvalue weighted by atomic mass is 9.47. The number of nitrogens with zero attached hydrogens (tertiary/aromatic N) is 1. The summed E-state index contributed by atoms with van der Waals surface area (Å²) in [5.74, 6) is 5.19. The fraction of sp³-hybridized carbons (Fsp3) is 0.945. The summed E-state index contributed by atoms with van der Waals surface area (Å²) >= 11 is 0. The molecule has 5 heteroatoms. The monoisotopic (exact) mass is 840 g/mol. The maximum absolute atomic E-state index is 13.4. The van der Waals surface area contributed by atoms with Gasteiger partial charge in [-0.1, -0.05) is 176 Å². The Hall–Kier alpha value is -0.910. The van der Waals surface area contributed by atoms with Gasteiger partial charge >= 0.3 is 5.97 Å². The van der Waals surface area contributed by atoms with E-state index < -0.39 is 12.2 Å². The van der Waals surface area contributed by atoms with E-state index in [0.717, 1.165) is 74.0 Å². The van der Waals surface area contributed by atoms with Gasteiger partial charge in [-0.2, -0.15) is 0 Å². The Morgan fingerprint density at radius 2 is 1.38 bits per heavy atom. The highest BCUT2D eigenvalue weighted by molar-refractivity contribution is 5.69. The van der Waals surface area contributed by atoms with E-state index in [1.807, 2.05) is 0 Å². The second-order valence-corrected chi connectivity index (χ2v) is 22.5. The van der Waals surface area contributed by atoms with Crippen LogP contribution in [-0.4, -0.2) is 59.0 Å². The summed E-state index contributed by atoms with van der Waals surface area (Å²) in [6.07, 6.45) is 36.6. The molecule has 5 nitrogen and oxygen atoms in total. The number of hydrogen-bond donors (Lipinski definition) is 2. The summed E-state index contributed by atoms with van der Waals surface area (Å²) in [4.78, 5) is 15.6. The van der Waals surface area contributed by atoms with Crippen molar-refractivity contribution in [2.24, 2.45) is 52.3 Å². The predicted molar refractivity (Wildman–Crippen MR) is 255 cm³/mol. The Bertz CT molecular complexity index is 1220. The van der Waals surface area contributed by atoms with Crippen LogP contribution >= 0.6 is 0 Å². The molecule has 0 amide bonds. The van der Waals surface area contributed by atoms with Crippen molar-refractivity contribution in [2.75, 3.05) is 19.6 Å². The van der Waals surface area contributed by atoms with E-state index in [1.165, 1.54) is 135 Å². The van der Waals surface area contributed by atoms with Gasteiger partial charge in [0, 0.05) is 25.9 Å². The highest BCUT2D eigenvalue weighted by Crippen LogP contribution is 2.67. The normalized spacial score (nSPS) is 29.7.